The van der Waals surface area contributed by atoms with E-state index < -0.39 is 5.97 Å². The predicted octanol–water partition coefficient (Wildman–Crippen LogP) is 0.365. The molecule has 0 bridgehead atoms. The van der Waals surface area contributed by atoms with Gasteiger partial charge in [-0.15, -0.1) is 6.73 Å². The first kappa shape index (κ1) is 11.4. The minimum atomic E-state index is -0.981. The lowest BCUT2D eigenvalue weighted by atomic mass is 10.6. The molecule has 1 heterocycles. The van der Waals surface area contributed by atoms with E-state index in [1.54, 1.807) is 0 Å². The number of amides is 1. The molecule has 0 spiro atoms. The molecule has 1 fully saturated rings. The maximum Gasteiger partial charge on any atom is 0.327 e. The van der Waals surface area contributed by atoms with Crippen molar-refractivity contribution in [3.05, 3.63) is 32.2 Å². The van der Waals surface area contributed by atoms with Crippen LogP contribution in [0, 0.1) is 6.73 Å². The molecule has 1 aliphatic rings. The van der Waals surface area contributed by atoms with Gasteiger partial charge in [0.2, 0.25) is 5.91 Å². The first-order chi connectivity index (χ1) is 6.11. The van der Waals surface area contributed by atoms with E-state index in [-0.39, 0.29) is 12.5 Å². The molecular formula is C8H10NO4-. The van der Waals surface area contributed by atoms with Gasteiger partial charge in [0.15, 0.2) is 0 Å². The second kappa shape index (κ2) is 5.96. The smallest absolute Gasteiger partial charge is 0.327 e. The monoisotopic (exact) mass is 184 g/mol. The Morgan fingerprint density at radius 2 is 2.23 bits per heavy atom. The second-order valence-electron chi connectivity index (χ2n) is 1.94. The molecule has 0 atom stereocenters. The quantitative estimate of drug-likeness (QED) is 0.497. The number of aliphatic carboxylic acids is 1. The van der Waals surface area contributed by atoms with Crippen LogP contribution in [0.3, 0.4) is 0 Å². The van der Waals surface area contributed by atoms with Gasteiger partial charge >= 0.3 is 5.97 Å². The van der Waals surface area contributed by atoms with Crippen molar-refractivity contribution in [2.24, 2.45) is 0 Å². The maximum absolute atomic E-state index is 10.5. The van der Waals surface area contributed by atoms with E-state index in [1.807, 2.05) is 0 Å². The van der Waals surface area contributed by atoms with Crippen LogP contribution in [-0.2, 0) is 14.3 Å². The van der Waals surface area contributed by atoms with Crippen molar-refractivity contribution in [3.8, 4) is 0 Å². The minimum absolute atomic E-state index is 0.0694. The van der Waals surface area contributed by atoms with E-state index in [1.165, 1.54) is 17.8 Å². The van der Waals surface area contributed by atoms with Crippen LogP contribution >= 0.6 is 0 Å². The van der Waals surface area contributed by atoms with Crippen LogP contribution in [0.1, 0.15) is 0 Å². The summed E-state index contributed by atoms with van der Waals surface area (Å²) in [4.78, 5) is 21.1. The molecule has 1 rings (SSSR count). The summed E-state index contributed by atoms with van der Waals surface area (Å²) in [5.74, 6) is -1.05. The zero-order valence-electron chi connectivity index (χ0n) is 6.97. The summed E-state index contributed by atoms with van der Waals surface area (Å²) >= 11 is 0. The average molecular weight is 184 g/mol. The molecule has 72 valence electrons. The zero-order valence-corrected chi connectivity index (χ0v) is 6.97. The van der Waals surface area contributed by atoms with E-state index in [0.717, 1.165) is 6.08 Å². The third kappa shape index (κ3) is 4.76. The normalized spacial score (nSPS) is 14.5. The fourth-order valence-corrected chi connectivity index (χ4v) is 0.467. The number of rotatable bonds is 2. The van der Waals surface area contributed by atoms with Gasteiger partial charge in [0.25, 0.3) is 0 Å². The maximum atomic E-state index is 10.5. The van der Waals surface area contributed by atoms with Crippen LogP contribution < -0.4 is 0 Å². The van der Waals surface area contributed by atoms with Gasteiger partial charge < -0.3 is 14.7 Å². The van der Waals surface area contributed by atoms with Gasteiger partial charge in [-0.05, 0) is 6.20 Å². The van der Waals surface area contributed by atoms with Crippen LogP contribution in [0.5, 0.6) is 0 Å². The Labute approximate surface area is 75.9 Å². The third-order valence-electron chi connectivity index (χ3n) is 1.05. The first-order valence-electron chi connectivity index (χ1n) is 3.35. The van der Waals surface area contributed by atoms with Gasteiger partial charge in [-0.25, -0.2) is 4.79 Å². The van der Waals surface area contributed by atoms with E-state index in [0.29, 0.717) is 0 Å². The number of hydrogen-bond donors (Lipinski definition) is 1. The molecule has 1 N–H and O–H groups in total. The molecule has 0 aromatic heterocycles. The number of carbonyl (C=O) groups is 2. The van der Waals surface area contributed by atoms with E-state index in [2.05, 4.69) is 17.9 Å². The Kier molecular flexibility index (Phi) is 5.22. The highest BCUT2D eigenvalue weighted by molar-refractivity contribution is 5.80. The van der Waals surface area contributed by atoms with Crippen LogP contribution in [0.15, 0.2) is 25.4 Å². The van der Waals surface area contributed by atoms with E-state index in [9.17, 15) is 9.59 Å². The van der Waals surface area contributed by atoms with Crippen LogP contribution in [0.25, 0.3) is 0 Å². The van der Waals surface area contributed by atoms with Gasteiger partial charge in [-0.1, -0.05) is 13.2 Å². The summed E-state index contributed by atoms with van der Waals surface area (Å²) in [5.41, 5.74) is 0. The molecule has 13 heavy (non-hydrogen) atoms. The molecule has 0 aromatic carbocycles. The molecule has 0 radical (unpaired) electrons. The van der Waals surface area contributed by atoms with Gasteiger partial charge in [0.1, 0.15) is 0 Å². The lowest BCUT2D eigenvalue weighted by Gasteiger charge is -2.15. The Bertz CT molecular complexity index is 224. The topological polar surface area (TPSA) is 66.8 Å². The molecule has 0 aliphatic carbocycles. The average Bonchev–Trinajstić information content (AvgIpc) is 2.52. The van der Waals surface area contributed by atoms with E-state index >= 15 is 0 Å². The number of ether oxygens (including phenoxy) is 1. The molecule has 0 saturated carbocycles. The Morgan fingerprint density at radius 3 is 2.38 bits per heavy atom. The number of carboxylic acid groups (broad SMARTS) is 1. The van der Waals surface area contributed by atoms with Crippen LogP contribution in [0.4, 0.5) is 0 Å². The highest BCUT2D eigenvalue weighted by Gasteiger charge is 2.06. The molecular weight excluding hydrogens is 174 g/mol. The predicted molar refractivity (Wildman–Crippen MR) is 45.1 cm³/mol. The molecule has 5 heteroatoms. The number of carbonyl (C=O) groups excluding carboxylic acids is 1. The van der Waals surface area contributed by atoms with Crippen molar-refractivity contribution in [2.75, 3.05) is 6.61 Å². The number of hydrogen-bond acceptors (Lipinski definition) is 3. The molecule has 5 nitrogen and oxygen atoms in total. The Balaban J connectivity index is 0.000000252. The SMILES string of the molecule is C=CC(=O)O.C=CN1[CH-]OCC1=O. The molecule has 0 aromatic rings. The van der Waals surface area contributed by atoms with Crippen LogP contribution in [-0.4, -0.2) is 28.5 Å². The fraction of sp³-hybridized carbons (Fsp3) is 0.125. The summed E-state index contributed by atoms with van der Waals surface area (Å²) in [6.45, 7) is 7.84. The molecule has 1 aliphatic heterocycles. The largest absolute Gasteiger partial charge is 0.524 e. The van der Waals surface area contributed by atoms with Crippen molar-refractivity contribution >= 4 is 11.9 Å². The summed E-state index contributed by atoms with van der Waals surface area (Å²) in [6, 6.07) is 0. The van der Waals surface area contributed by atoms with E-state index in [4.69, 9.17) is 5.11 Å². The second-order valence-corrected chi connectivity index (χ2v) is 1.94. The van der Waals surface area contributed by atoms with Gasteiger partial charge in [0, 0.05) is 6.08 Å². The summed E-state index contributed by atoms with van der Waals surface area (Å²) in [6.07, 6.45) is 2.25. The number of carboxylic acids is 1. The Morgan fingerprint density at radius 1 is 1.69 bits per heavy atom. The third-order valence-corrected chi connectivity index (χ3v) is 1.05. The van der Waals surface area contributed by atoms with Gasteiger partial charge in [-0.3, -0.25) is 4.79 Å². The summed E-state index contributed by atoms with van der Waals surface area (Å²) < 4.78 is 4.64. The van der Waals surface area contributed by atoms with Crippen molar-refractivity contribution in [2.45, 2.75) is 0 Å². The molecule has 1 saturated heterocycles. The minimum Gasteiger partial charge on any atom is -0.524 e. The van der Waals surface area contributed by atoms with Crippen molar-refractivity contribution in [3.63, 3.8) is 0 Å². The standard InChI is InChI=1S/C5H6NO2.C3H4O2/c1-2-6-4-8-3-5(6)7;1-2-3(4)5/h2,4H,1,3H2;2H,1H2,(H,4,5)/q-1;. The summed E-state index contributed by atoms with van der Waals surface area (Å²) in [5, 5.41) is 7.60. The highest BCUT2D eigenvalue weighted by atomic mass is 16.5. The zero-order chi connectivity index (χ0) is 10.3. The summed E-state index contributed by atoms with van der Waals surface area (Å²) in [7, 11) is 0. The lowest BCUT2D eigenvalue weighted by Crippen LogP contribution is -2.15. The van der Waals surface area contributed by atoms with Gasteiger partial charge in [0.05, 0.1) is 6.61 Å². The lowest BCUT2D eigenvalue weighted by molar-refractivity contribution is -0.131. The highest BCUT2D eigenvalue weighted by Crippen LogP contribution is 2.04. The first-order valence-corrected chi connectivity index (χ1v) is 3.35. The molecule has 1 amide bonds. The van der Waals surface area contributed by atoms with Crippen molar-refractivity contribution in [1.29, 1.82) is 0 Å². The molecule has 0 unspecified atom stereocenters. The Hall–Kier alpha value is -1.62. The fourth-order valence-electron chi connectivity index (χ4n) is 0.467. The number of nitrogens with zero attached hydrogens (tertiary/aromatic N) is 1. The van der Waals surface area contributed by atoms with Crippen molar-refractivity contribution in [1.82, 2.24) is 4.90 Å². The van der Waals surface area contributed by atoms with Crippen molar-refractivity contribution < 1.29 is 19.4 Å². The van der Waals surface area contributed by atoms with Gasteiger partial charge in [-0.2, -0.15) is 0 Å². The van der Waals surface area contributed by atoms with Crippen LogP contribution in [0.2, 0.25) is 0 Å².